The van der Waals surface area contributed by atoms with Gasteiger partial charge in [-0.15, -0.1) is 0 Å². The van der Waals surface area contributed by atoms with Crippen LogP contribution in [0.15, 0.2) is 77.2 Å². The first-order valence-electron chi connectivity index (χ1n) is 10.7. The summed E-state index contributed by atoms with van der Waals surface area (Å²) in [6.45, 7) is 1.20. The Morgan fingerprint density at radius 2 is 1.24 bits per heavy atom. The van der Waals surface area contributed by atoms with Crippen molar-refractivity contribution in [2.24, 2.45) is 11.5 Å². The van der Waals surface area contributed by atoms with Crippen molar-refractivity contribution in [1.29, 1.82) is 10.8 Å². The van der Waals surface area contributed by atoms with Gasteiger partial charge in [-0.25, -0.2) is 0 Å². The predicted octanol–water partition coefficient (Wildman–Crippen LogP) is 4.91. The molecule has 1 heterocycles. The van der Waals surface area contributed by atoms with Gasteiger partial charge in [-0.05, 0) is 73.5 Å². The fourth-order valence-corrected chi connectivity index (χ4v) is 3.37. The molecule has 0 radical (unpaired) electrons. The van der Waals surface area contributed by atoms with E-state index in [0.717, 1.165) is 41.1 Å². The van der Waals surface area contributed by atoms with Crippen LogP contribution in [0.5, 0.6) is 11.5 Å². The summed E-state index contributed by atoms with van der Waals surface area (Å²) in [6, 6.07) is 22.5. The lowest BCUT2D eigenvalue weighted by Crippen LogP contribution is -2.10. The summed E-state index contributed by atoms with van der Waals surface area (Å²) in [4.78, 5) is 0. The summed E-state index contributed by atoms with van der Waals surface area (Å²) in [5.74, 6) is 2.39. The van der Waals surface area contributed by atoms with Crippen molar-refractivity contribution in [2.45, 2.75) is 12.8 Å². The number of fused-ring (bicyclic) bond motifs is 1. The Balaban J connectivity index is 1.23. The van der Waals surface area contributed by atoms with E-state index in [1.165, 1.54) is 0 Å². The van der Waals surface area contributed by atoms with Crippen LogP contribution in [0.2, 0.25) is 0 Å². The summed E-state index contributed by atoms with van der Waals surface area (Å²) in [7, 11) is 0. The first kappa shape index (κ1) is 22.0. The van der Waals surface area contributed by atoms with Gasteiger partial charge in [0.05, 0.1) is 13.2 Å². The molecule has 0 aliphatic carbocycles. The molecule has 7 heteroatoms. The first-order valence-corrected chi connectivity index (χ1v) is 10.7. The summed E-state index contributed by atoms with van der Waals surface area (Å²) < 4.78 is 17.5. The predicted molar refractivity (Wildman–Crippen MR) is 130 cm³/mol. The normalized spacial score (nSPS) is 10.8. The Labute approximate surface area is 191 Å². The second-order valence-corrected chi connectivity index (χ2v) is 7.64. The zero-order valence-electron chi connectivity index (χ0n) is 18.1. The molecular weight excluding hydrogens is 416 g/mol. The number of nitrogens with two attached hydrogens (primary N) is 2. The summed E-state index contributed by atoms with van der Waals surface area (Å²) in [5.41, 5.74) is 14.0. The molecule has 0 aliphatic rings. The average Bonchev–Trinajstić information content (AvgIpc) is 3.25. The van der Waals surface area contributed by atoms with Crippen LogP contribution >= 0.6 is 0 Å². The van der Waals surface area contributed by atoms with Gasteiger partial charge in [0.1, 0.15) is 34.5 Å². The molecule has 6 N–H and O–H groups in total. The van der Waals surface area contributed by atoms with Crippen LogP contribution in [0.4, 0.5) is 0 Å². The van der Waals surface area contributed by atoms with Crippen LogP contribution in [-0.4, -0.2) is 24.9 Å². The topological polar surface area (TPSA) is 131 Å². The number of nitrogens with one attached hydrogen (secondary N) is 2. The van der Waals surface area contributed by atoms with E-state index in [4.69, 9.17) is 36.2 Å². The molecule has 0 bridgehead atoms. The number of furan rings is 1. The maximum Gasteiger partial charge on any atom is 0.135 e. The van der Waals surface area contributed by atoms with Crippen molar-refractivity contribution in [3.05, 3.63) is 83.9 Å². The van der Waals surface area contributed by atoms with E-state index in [2.05, 4.69) is 0 Å². The Kier molecular flexibility index (Phi) is 6.59. The summed E-state index contributed by atoms with van der Waals surface area (Å²) in [6.07, 6.45) is 1.74. The molecule has 0 saturated carbocycles. The molecule has 0 atom stereocenters. The lowest BCUT2D eigenvalue weighted by molar-refractivity contribution is 0.266. The van der Waals surface area contributed by atoms with E-state index >= 15 is 0 Å². The highest BCUT2D eigenvalue weighted by Crippen LogP contribution is 2.29. The SMILES string of the molecule is N=C(N)c1ccc(OCCCCOc2ccc(-c3cc4ccc(C(=N)N)cc4o3)cc2)cc1. The third kappa shape index (κ3) is 5.51. The first-order chi connectivity index (χ1) is 16.0. The van der Waals surface area contributed by atoms with Gasteiger partial charge in [-0.2, -0.15) is 0 Å². The molecule has 0 amide bonds. The minimum Gasteiger partial charge on any atom is -0.494 e. The molecule has 4 rings (SSSR count). The number of amidine groups is 2. The van der Waals surface area contributed by atoms with Crippen LogP contribution in [-0.2, 0) is 0 Å². The maximum atomic E-state index is 7.56. The standard InChI is InChI=1S/C26H26N4O3/c27-25(28)18-7-11-22(12-8-18)32-14-2-1-13-31-21-9-5-17(6-10-21)23-15-19-3-4-20(26(29)30)16-24(19)33-23/h3-12,15-16H,1-2,13-14H2,(H3,27,28)(H3,29,30). The van der Waals surface area contributed by atoms with Crippen molar-refractivity contribution in [3.8, 4) is 22.8 Å². The summed E-state index contributed by atoms with van der Waals surface area (Å²) >= 11 is 0. The van der Waals surface area contributed by atoms with Gasteiger partial charge in [0.15, 0.2) is 0 Å². The lowest BCUT2D eigenvalue weighted by atomic mass is 10.1. The lowest BCUT2D eigenvalue weighted by Gasteiger charge is -2.08. The minimum atomic E-state index is 0.0197. The molecule has 0 spiro atoms. The second-order valence-electron chi connectivity index (χ2n) is 7.64. The fraction of sp³-hybridized carbons (Fsp3) is 0.154. The van der Waals surface area contributed by atoms with E-state index < -0.39 is 0 Å². The van der Waals surface area contributed by atoms with Crippen LogP contribution in [0.3, 0.4) is 0 Å². The van der Waals surface area contributed by atoms with E-state index in [0.29, 0.717) is 29.9 Å². The van der Waals surface area contributed by atoms with E-state index in [1.807, 2.05) is 54.6 Å². The second kappa shape index (κ2) is 9.91. The van der Waals surface area contributed by atoms with Gasteiger partial charge in [0, 0.05) is 22.1 Å². The highest BCUT2D eigenvalue weighted by atomic mass is 16.5. The molecule has 4 aromatic rings. The smallest absolute Gasteiger partial charge is 0.135 e. The number of rotatable bonds is 10. The van der Waals surface area contributed by atoms with Crippen molar-refractivity contribution in [1.82, 2.24) is 0 Å². The zero-order chi connectivity index (χ0) is 23.2. The van der Waals surface area contributed by atoms with Crippen LogP contribution < -0.4 is 20.9 Å². The van der Waals surface area contributed by atoms with Gasteiger partial charge >= 0.3 is 0 Å². The van der Waals surface area contributed by atoms with E-state index in [1.54, 1.807) is 18.2 Å². The number of nitrogen functional groups attached to an aromatic ring is 2. The number of unbranched alkanes of at least 4 members (excludes halogenated alkanes) is 1. The number of ether oxygens (including phenoxy) is 2. The van der Waals surface area contributed by atoms with Crippen LogP contribution in [0.25, 0.3) is 22.3 Å². The molecule has 7 nitrogen and oxygen atoms in total. The fourth-order valence-electron chi connectivity index (χ4n) is 3.37. The third-order valence-corrected chi connectivity index (χ3v) is 5.21. The largest absolute Gasteiger partial charge is 0.494 e. The van der Waals surface area contributed by atoms with Crippen LogP contribution in [0, 0.1) is 10.8 Å². The Bertz CT molecular complexity index is 1260. The van der Waals surface area contributed by atoms with Gasteiger partial charge in [-0.3, -0.25) is 10.8 Å². The Morgan fingerprint density at radius 1 is 0.697 bits per heavy atom. The van der Waals surface area contributed by atoms with E-state index in [9.17, 15) is 0 Å². The van der Waals surface area contributed by atoms with Crippen molar-refractivity contribution >= 4 is 22.6 Å². The van der Waals surface area contributed by atoms with Crippen molar-refractivity contribution in [3.63, 3.8) is 0 Å². The Morgan fingerprint density at radius 3 is 1.82 bits per heavy atom. The molecule has 168 valence electrons. The highest BCUT2D eigenvalue weighted by Gasteiger charge is 2.08. The molecule has 0 unspecified atom stereocenters. The Hall–Kier alpha value is -4.26. The minimum absolute atomic E-state index is 0.0197. The number of benzene rings is 3. The number of hydrogen-bond acceptors (Lipinski definition) is 5. The van der Waals surface area contributed by atoms with Gasteiger partial charge < -0.3 is 25.4 Å². The van der Waals surface area contributed by atoms with Gasteiger partial charge in [-0.1, -0.05) is 12.1 Å². The zero-order valence-corrected chi connectivity index (χ0v) is 18.1. The molecule has 0 saturated heterocycles. The third-order valence-electron chi connectivity index (χ3n) is 5.21. The monoisotopic (exact) mass is 442 g/mol. The maximum absolute atomic E-state index is 7.56. The summed E-state index contributed by atoms with van der Waals surface area (Å²) in [5, 5.41) is 15.9. The number of hydrogen-bond donors (Lipinski definition) is 4. The van der Waals surface area contributed by atoms with Gasteiger partial charge in [0.25, 0.3) is 0 Å². The molecule has 0 aliphatic heterocycles. The van der Waals surface area contributed by atoms with Crippen LogP contribution in [0.1, 0.15) is 24.0 Å². The van der Waals surface area contributed by atoms with E-state index in [-0.39, 0.29) is 11.7 Å². The quantitative estimate of drug-likeness (QED) is 0.157. The van der Waals surface area contributed by atoms with Crippen molar-refractivity contribution in [2.75, 3.05) is 13.2 Å². The van der Waals surface area contributed by atoms with Gasteiger partial charge in [0.2, 0.25) is 0 Å². The molecule has 1 aromatic heterocycles. The molecular formula is C26H26N4O3. The molecule has 3 aromatic carbocycles. The highest BCUT2D eigenvalue weighted by molar-refractivity contribution is 5.98. The molecule has 33 heavy (non-hydrogen) atoms. The van der Waals surface area contributed by atoms with Crippen molar-refractivity contribution < 1.29 is 13.9 Å². The molecule has 0 fully saturated rings. The average molecular weight is 443 g/mol.